The molecular formula is C64H73N3O. The molecule has 0 amide bonds. The van der Waals surface area contributed by atoms with Crippen molar-refractivity contribution in [2.75, 3.05) is 0 Å². The van der Waals surface area contributed by atoms with Gasteiger partial charge in [0.05, 0.1) is 28.0 Å². The van der Waals surface area contributed by atoms with Crippen LogP contribution in [0.15, 0.2) is 128 Å². The Balaban J connectivity index is 1.40. The first-order valence-electron chi connectivity index (χ1n) is 24.4. The van der Waals surface area contributed by atoms with E-state index in [9.17, 15) is 5.11 Å². The van der Waals surface area contributed by atoms with Crippen LogP contribution in [-0.2, 0) is 27.1 Å². The van der Waals surface area contributed by atoms with Crippen molar-refractivity contribution in [3.05, 3.63) is 166 Å². The zero-order valence-corrected chi connectivity index (χ0v) is 43.9. The summed E-state index contributed by atoms with van der Waals surface area (Å²) in [7, 11) is 0. The fourth-order valence-electron chi connectivity index (χ4n) is 9.19. The van der Waals surface area contributed by atoms with E-state index in [1.165, 1.54) is 38.9 Å². The monoisotopic (exact) mass is 900 g/mol. The lowest BCUT2D eigenvalue weighted by Gasteiger charge is -2.27. The minimum absolute atomic E-state index is 0.00201. The van der Waals surface area contributed by atoms with Crippen LogP contribution in [0.5, 0.6) is 5.75 Å². The van der Waals surface area contributed by atoms with E-state index in [-0.39, 0.29) is 32.8 Å². The number of pyridine rings is 1. The molecule has 2 aromatic heterocycles. The minimum atomic E-state index is -0.318. The summed E-state index contributed by atoms with van der Waals surface area (Å²) in [6.45, 7) is 38.2. The van der Waals surface area contributed by atoms with Crippen molar-refractivity contribution in [2.24, 2.45) is 0 Å². The van der Waals surface area contributed by atoms with Crippen LogP contribution in [-0.4, -0.2) is 19.6 Å². The lowest BCUT2D eigenvalue weighted by Crippen LogP contribution is -2.17. The van der Waals surface area contributed by atoms with Crippen molar-refractivity contribution in [3.8, 4) is 67.5 Å². The van der Waals surface area contributed by atoms with Crippen LogP contribution in [0.3, 0.4) is 0 Å². The summed E-state index contributed by atoms with van der Waals surface area (Å²) in [5.74, 6) is 0.977. The number of hydrogen-bond acceptors (Lipinski definition) is 3. The van der Waals surface area contributed by atoms with Crippen molar-refractivity contribution in [1.29, 1.82) is 0 Å². The largest absolute Gasteiger partial charge is 0.507 e. The highest BCUT2D eigenvalue weighted by molar-refractivity contribution is 5.97. The Bertz CT molecular complexity index is 3170. The van der Waals surface area contributed by atoms with Gasteiger partial charge in [-0.1, -0.05) is 182 Å². The van der Waals surface area contributed by atoms with Crippen molar-refractivity contribution in [2.45, 2.75) is 145 Å². The van der Waals surface area contributed by atoms with Gasteiger partial charge in [0.1, 0.15) is 11.6 Å². The molecule has 1 N–H and O–H groups in total. The number of aromatic hydroxyl groups is 1. The summed E-state index contributed by atoms with van der Waals surface area (Å²) in [4.78, 5) is 10.6. The van der Waals surface area contributed by atoms with Crippen LogP contribution >= 0.6 is 0 Å². The van der Waals surface area contributed by atoms with Gasteiger partial charge in [-0.2, -0.15) is 0 Å². The fraction of sp³-hybridized carbons (Fsp3) is 0.344. The zero-order valence-electron chi connectivity index (χ0n) is 43.9. The molecule has 6 aromatic carbocycles. The predicted molar refractivity (Wildman–Crippen MR) is 291 cm³/mol. The molecule has 0 spiro atoms. The van der Waals surface area contributed by atoms with E-state index in [1.54, 1.807) is 0 Å². The Hall–Kier alpha value is -6.26. The third-order valence-electron chi connectivity index (χ3n) is 13.7. The van der Waals surface area contributed by atoms with Gasteiger partial charge in [-0.15, -0.1) is 0 Å². The Morgan fingerprint density at radius 1 is 0.441 bits per heavy atom. The molecule has 0 aliphatic carbocycles. The van der Waals surface area contributed by atoms with Gasteiger partial charge in [0, 0.05) is 22.9 Å². The average molecular weight is 900 g/mol. The van der Waals surface area contributed by atoms with Crippen LogP contribution in [0.25, 0.3) is 72.7 Å². The van der Waals surface area contributed by atoms with E-state index in [1.807, 2.05) is 6.20 Å². The first kappa shape index (κ1) is 48.2. The van der Waals surface area contributed by atoms with Gasteiger partial charge in [0.25, 0.3) is 0 Å². The Labute approximate surface area is 407 Å². The molecule has 8 rings (SSSR count). The molecule has 4 heteroatoms. The number of aryl methyl sites for hydroxylation is 2. The normalized spacial score (nSPS) is 12.8. The van der Waals surface area contributed by atoms with E-state index in [0.717, 1.165) is 66.9 Å². The number of imidazole rings is 1. The van der Waals surface area contributed by atoms with Crippen LogP contribution in [0, 0.1) is 13.8 Å². The van der Waals surface area contributed by atoms with E-state index >= 15 is 0 Å². The number of nitrogens with zero attached hydrogens (tertiary/aromatic N) is 3. The smallest absolute Gasteiger partial charge is 0.149 e. The number of hydrogen-bond donors (Lipinski definition) is 1. The number of phenols is 1. The molecule has 0 aliphatic heterocycles. The lowest BCUT2D eigenvalue weighted by atomic mass is 9.78. The first-order chi connectivity index (χ1) is 31.6. The zero-order chi connectivity index (χ0) is 49.5. The van der Waals surface area contributed by atoms with Crippen LogP contribution < -0.4 is 0 Å². The number of phenolic OH excluding ortho intramolecular Hbond substituents is 1. The Kier molecular flexibility index (Phi) is 12.1. The second-order valence-electron chi connectivity index (χ2n) is 24.5. The van der Waals surface area contributed by atoms with E-state index in [2.05, 4.69) is 244 Å². The average Bonchev–Trinajstić information content (AvgIpc) is 3.64. The van der Waals surface area contributed by atoms with Gasteiger partial charge in [0.2, 0.25) is 0 Å². The maximum atomic E-state index is 12.5. The standard InChI is InChI=1S/C64H73N3O/c1-39-21-23-41(24-22-39)43-27-28-65-54(35-43)46-30-45(33-47(34-46)60(3,4)5)51-19-18-20-56-57(51)66-59(52-37-50(63(12,13)14)38-53(58(52)68)64(15,16)17)67(56)55-26-25-42(29-40(55)2)44-31-48(61(6,7)8)36-49(32-44)62(9,10)11/h18-38,68H,1-17H3. The molecule has 4 nitrogen and oxygen atoms in total. The number of rotatable bonds is 6. The summed E-state index contributed by atoms with van der Waals surface area (Å²) in [5.41, 5.74) is 20.0. The first-order valence-corrected chi connectivity index (χ1v) is 24.4. The van der Waals surface area contributed by atoms with Crippen LogP contribution in [0.1, 0.15) is 143 Å². The highest BCUT2D eigenvalue weighted by Crippen LogP contribution is 2.46. The molecule has 0 fully saturated rings. The Morgan fingerprint density at radius 3 is 1.57 bits per heavy atom. The van der Waals surface area contributed by atoms with E-state index < -0.39 is 0 Å². The summed E-state index contributed by atoms with van der Waals surface area (Å²) < 4.78 is 2.29. The van der Waals surface area contributed by atoms with Gasteiger partial charge < -0.3 is 5.11 Å². The molecule has 0 atom stereocenters. The van der Waals surface area contributed by atoms with Gasteiger partial charge in [-0.05, 0) is 145 Å². The number of fused-ring (bicyclic) bond motifs is 1. The molecular weight excluding hydrogens is 827 g/mol. The SMILES string of the molecule is Cc1ccc(-c2ccnc(-c3cc(-c4cccc5c4nc(-c4cc(C(C)(C)C)cc(C(C)(C)C)c4O)n5-c4ccc(-c5cc(C(C)(C)C)cc(C(C)(C)C)c5)cc4C)cc(C(C)(C)C)c3)c2)cc1. The maximum Gasteiger partial charge on any atom is 0.149 e. The van der Waals surface area contributed by atoms with Crippen molar-refractivity contribution >= 4 is 11.0 Å². The number of para-hydroxylation sites is 1. The topological polar surface area (TPSA) is 50.9 Å². The van der Waals surface area contributed by atoms with Crippen LogP contribution in [0.4, 0.5) is 0 Å². The molecule has 68 heavy (non-hydrogen) atoms. The van der Waals surface area contributed by atoms with Gasteiger partial charge >= 0.3 is 0 Å². The fourth-order valence-corrected chi connectivity index (χ4v) is 9.19. The summed E-state index contributed by atoms with van der Waals surface area (Å²) in [5, 5.41) is 12.5. The molecule has 0 saturated carbocycles. The molecule has 8 aromatic rings. The van der Waals surface area contributed by atoms with Gasteiger partial charge in [-0.25, -0.2) is 4.98 Å². The summed E-state index contributed by atoms with van der Waals surface area (Å²) in [6, 6.07) is 44.7. The number of aromatic nitrogens is 3. The van der Waals surface area contributed by atoms with Crippen LogP contribution in [0.2, 0.25) is 0 Å². The molecule has 2 heterocycles. The highest BCUT2D eigenvalue weighted by atomic mass is 16.3. The molecule has 0 bridgehead atoms. The number of benzene rings is 6. The molecule has 0 saturated heterocycles. The Morgan fingerprint density at radius 2 is 0.985 bits per heavy atom. The van der Waals surface area contributed by atoms with Crippen molar-refractivity contribution < 1.29 is 5.11 Å². The molecule has 0 radical (unpaired) electrons. The third kappa shape index (κ3) is 9.57. The summed E-state index contributed by atoms with van der Waals surface area (Å²) in [6.07, 6.45) is 1.92. The molecule has 350 valence electrons. The van der Waals surface area contributed by atoms with Gasteiger partial charge in [-0.3, -0.25) is 9.55 Å². The quantitative estimate of drug-likeness (QED) is 0.181. The highest BCUT2D eigenvalue weighted by Gasteiger charge is 2.30. The van der Waals surface area contributed by atoms with E-state index in [0.29, 0.717) is 5.82 Å². The summed E-state index contributed by atoms with van der Waals surface area (Å²) >= 11 is 0. The minimum Gasteiger partial charge on any atom is -0.507 e. The van der Waals surface area contributed by atoms with Crippen molar-refractivity contribution in [1.82, 2.24) is 14.5 Å². The second-order valence-corrected chi connectivity index (χ2v) is 24.5. The third-order valence-corrected chi connectivity index (χ3v) is 13.7. The second kappa shape index (κ2) is 17.1. The van der Waals surface area contributed by atoms with Gasteiger partial charge in [0.15, 0.2) is 0 Å². The molecule has 0 unspecified atom stereocenters. The predicted octanol–water partition coefficient (Wildman–Crippen LogP) is 17.6. The van der Waals surface area contributed by atoms with Crippen molar-refractivity contribution in [3.63, 3.8) is 0 Å². The lowest BCUT2D eigenvalue weighted by molar-refractivity contribution is 0.446. The van der Waals surface area contributed by atoms with E-state index in [4.69, 9.17) is 9.97 Å². The molecule has 0 aliphatic rings. The maximum absolute atomic E-state index is 12.5.